The van der Waals surface area contributed by atoms with Crippen LogP contribution in [0.25, 0.3) is 11.1 Å². The number of hydrogen-bond acceptors (Lipinski definition) is 4. The number of amides is 1. The first-order valence-electron chi connectivity index (χ1n) is 11.9. The van der Waals surface area contributed by atoms with Crippen LogP contribution in [0.2, 0.25) is 0 Å². The lowest BCUT2D eigenvalue weighted by Crippen LogP contribution is -2.55. The number of anilines is 1. The summed E-state index contributed by atoms with van der Waals surface area (Å²) in [6, 6.07) is 24.8. The summed E-state index contributed by atoms with van der Waals surface area (Å²) < 4.78 is 24.8. The number of aliphatic hydroxyl groups is 1. The highest BCUT2D eigenvalue weighted by molar-refractivity contribution is 7.60. The molecule has 0 saturated carbocycles. The molecule has 5 rings (SSSR count). The van der Waals surface area contributed by atoms with Crippen molar-refractivity contribution in [2.45, 2.75) is 18.6 Å². The lowest BCUT2D eigenvalue weighted by atomic mass is 9.77. The molecule has 1 aliphatic rings. The fraction of sp³-hybridized carbons (Fsp3) is 0.138. The molecule has 2 unspecified atom stereocenters. The summed E-state index contributed by atoms with van der Waals surface area (Å²) in [4.78, 5) is 33.6. The van der Waals surface area contributed by atoms with Gasteiger partial charge in [0.25, 0.3) is 0 Å². The van der Waals surface area contributed by atoms with E-state index in [0.717, 1.165) is 0 Å². The number of aliphatic hydroxyl groups excluding tert-OH is 1. The Morgan fingerprint density at radius 1 is 0.868 bits per heavy atom. The number of aromatic hydroxyl groups is 1. The van der Waals surface area contributed by atoms with Crippen molar-refractivity contribution in [1.82, 2.24) is 0 Å². The first kappa shape index (κ1) is 25.8. The van der Waals surface area contributed by atoms with Gasteiger partial charge in [0, 0.05) is 11.3 Å². The summed E-state index contributed by atoms with van der Waals surface area (Å²) in [5.74, 6) is -1.30. The number of carbonyl (C=O) groups is 1. The first-order chi connectivity index (χ1) is 18.1. The van der Waals surface area contributed by atoms with Crippen LogP contribution in [0.3, 0.4) is 0 Å². The monoisotopic (exact) mass is 533 g/mol. The molecule has 1 aliphatic heterocycles. The maximum atomic E-state index is 13.3. The number of β-lactam (4-membered cyclic amide) rings is 1. The molecule has 0 aromatic heterocycles. The van der Waals surface area contributed by atoms with E-state index < -0.39 is 31.5 Å². The molecule has 3 atom stereocenters. The maximum absolute atomic E-state index is 13.3. The molecule has 1 heterocycles. The normalized spacial score (nSPS) is 18.2. The highest BCUT2D eigenvalue weighted by Gasteiger charge is 2.50. The van der Waals surface area contributed by atoms with Gasteiger partial charge in [0.05, 0.1) is 23.4 Å². The zero-order chi connectivity index (χ0) is 27.0. The fourth-order valence-electron chi connectivity index (χ4n) is 4.89. The van der Waals surface area contributed by atoms with Crippen molar-refractivity contribution in [3.8, 4) is 16.9 Å². The fourth-order valence-corrected chi connectivity index (χ4v) is 5.43. The Labute approximate surface area is 218 Å². The average molecular weight is 533 g/mol. The second-order valence-corrected chi connectivity index (χ2v) is 10.9. The van der Waals surface area contributed by atoms with Gasteiger partial charge in [-0.3, -0.25) is 9.36 Å². The van der Waals surface area contributed by atoms with Crippen molar-refractivity contribution < 1.29 is 33.7 Å². The lowest BCUT2D eigenvalue weighted by molar-refractivity contribution is -0.132. The van der Waals surface area contributed by atoms with E-state index in [1.54, 1.807) is 47.4 Å². The largest absolute Gasteiger partial charge is 0.508 e. The Kier molecular flexibility index (Phi) is 6.90. The van der Waals surface area contributed by atoms with Crippen molar-refractivity contribution in [2.75, 3.05) is 4.90 Å². The molecule has 38 heavy (non-hydrogen) atoms. The molecular formula is C29H25FNO6P. The van der Waals surface area contributed by atoms with Gasteiger partial charge >= 0.3 is 7.60 Å². The predicted molar refractivity (Wildman–Crippen MR) is 141 cm³/mol. The molecule has 4 N–H and O–H groups in total. The van der Waals surface area contributed by atoms with Crippen molar-refractivity contribution in [1.29, 1.82) is 0 Å². The van der Waals surface area contributed by atoms with Crippen molar-refractivity contribution in [2.24, 2.45) is 5.92 Å². The van der Waals surface area contributed by atoms with Gasteiger partial charge in [0.1, 0.15) is 11.6 Å². The van der Waals surface area contributed by atoms with Crippen molar-refractivity contribution in [3.63, 3.8) is 0 Å². The van der Waals surface area contributed by atoms with Gasteiger partial charge in [-0.25, -0.2) is 4.39 Å². The molecule has 0 bridgehead atoms. The Morgan fingerprint density at radius 2 is 1.50 bits per heavy atom. The zero-order valence-corrected chi connectivity index (χ0v) is 20.9. The number of rotatable bonds is 7. The van der Waals surface area contributed by atoms with Gasteiger partial charge in [-0.05, 0) is 65.6 Å². The van der Waals surface area contributed by atoms with E-state index >= 15 is 0 Å². The number of phenols is 1. The second-order valence-electron chi connectivity index (χ2n) is 9.26. The number of benzene rings is 4. The van der Waals surface area contributed by atoms with Gasteiger partial charge in [-0.15, -0.1) is 0 Å². The van der Waals surface area contributed by atoms with Crippen LogP contribution in [-0.2, 0) is 9.36 Å². The van der Waals surface area contributed by atoms with Gasteiger partial charge in [-0.1, -0.05) is 54.6 Å². The Balaban J connectivity index is 1.47. The number of phenolic OH excluding ortho intramolecular Hbond substituents is 1. The van der Waals surface area contributed by atoms with E-state index in [-0.39, 0.29) is 23.4 Å². The topological polar surface area (TPSA) is 118 Å². The summed E-state index contributed by atoms with van der Waals surface area (Å²) in [5, 5.41) is 21.8. The number of nitrogens with zero attached hydrogens (tertiary/aromatic N) is 1. The van der Waals surface area contributed by atoms with Crippen molar-refractivity contribution >= 4 is 24.5 Å². The minimum absolute atomic E-state index is 0.0544. The highest BCUT2D eigenvalue weighted by atomic mass is 31.2. The van der Waals surface area contributed by atoms with Gasteiger partial charge in [0.15, 0.2) is 0 Å². The summed E-state index contributed by atoms with van der Waals surface area (Å²) >= 11 is 0. The van der Waals surface area contributed by atoms with E-state index in [0.29, 0.717) is 27.9 Å². The SMILES string of the molecule is O=C1[C@H](CC(O)c2ccc(F)cc2)C(c2ccc(-c3ccc(P(=O)(O)O)cc3)cc2O)N1c1ccccc1. The molecule has 7 nitrogen and oxygen atoms in total. The summed E-state index contributed by atoms with van der Waals surface area (Å²) in [6.45, 7) is 0. The van der Waals surface area contributed by atoms with Gasteiger partial charge < -0.3 is 24.9 Å². The van der Waals surface area contributed by atoms with Crippen LogP contribution >= 0.6 is 7.60 Å². The maximum Gasteiger partial charge on any atom is 0.356 e. The average Bonchev–Trinajstić information content (AvgIpc) is 2.91. The molecule has 0 aliphatic carbocycles. The van der Waals surface area contributed by atoms with Crippen LogP contribution in [0.1, 0.15) is 29.7 Å². The summed E-state index contributed by atoms with van der Waals surface area (Å²) in [6.07, 6.45) is -0.914. The van der Waals surface area contributed by atoms with E-state index in [2.05, 4.69) is 0 Å². The number of halogens is 1. The van der Waals surface area contributed by atoms with E-state index in [1.165, 1.54) is 36.4 Å². The summed E-state index contributed by atoms with van der Waals surface area (Å²) in [7, 11) is -4.37. The smallest absolute Gasteiger partial charge is 0.356 e. The Morgan fingerprint density at radius 3 is 2.11 bits per heavy atom. The standard InChI is InChI=1S/C29H25FNO6P/c30-21-11-6-19(7-12-21)26(32)17-25-28(31(29(25)34)22-4-2-1-3-5-22)24-15-10-20(16-27(24)33)18-8-13-23(14-9-18)38(35,36)37/h1-16,25-26,28,32-33H,17H2,(H2,35,36,37)/t25-,26?,28?/m1/s1. The Hall–Kier alpha value is -3.81. The highest BCUT2D eigenvalue weighted by Crippen LogP contribution is 2.49. The van der Waals surface area contributed by atoms with Crippen LogP contribution in [-0.4, -0.2) is 25.9 Å². The minimum Gasteiger partial charge on any atom is -0.508 e. The second kappa shape index (κ2) is 10.2. The number of para-hydroxylation sites is 1. The zero-order valence-electron chi connectivity index (χ0n) is 20.1. The van der Waals surface area contributed by atoms with Crippen LogP contribution in [0, 0.1) is 11.7 Å². The number of carbonyl (C=O) groups excluding carboxylic acids is 1. The molecule has 4 aromatic carbocycles. The molecular weight excluding hydrogens is 508 g/mol. The molecule has 1 fully saturated rings. The molecule has 194 valence electrons. The predicted octanol–water partition coefficient (Wildman–Crippen LogP) is 4.83. The molecule has 1 saturated heterocycles. The third kappa shape index (κ3) is 4.99. The minimum atomic E-state index is -4.37. The molecule has 0 radical (unpaired) electrons. The van der Waals surface area contributed by atoms with Crippen LogP contribution in [0.15, 0.2) is 97.1 Å². The molecule has 4 aromatic rings. The molecule has 9 heteroatoms. The van der Waals surface area contributed by atoms with Gasteiger partial charge in [-0.2, -0.15) is 0 Å². The summed E-state index contributed by atoms with van der Waals surface area (Å²) in [5.41, 5.74) is 2.93. The molecule has 1 amide bonds. The third-order valence-electron chi connectivity index (χ3n) is 6.87. The van der Waals surface area contributed by atoms with Crippen LogP contribution in [0.4, 0.5) is 10.1 Å². The van der Waals surface area contributed by atoms with E-state index in [1.807, 2.05) is 18.2 Å². The molecule has 0 spiro atoms. The Bertz CT molecular complexity index is 1500. The van der Waals surface area contributed by atoms with Crippen LogP contribution in [0.5, 0.6) is 5.75 Å². The third-order valence-corrected chi connectivity index (χ3v) is 7.84. The number of hydrogen-bond donors (Lipinski definition) is 4. The van der Waals surface area contributed by atoms with Crippen molar-refractivity contribution in [3.05, 3.63) is 114 Å². The first-order valence-corrected chi connectivity index (χ1v) is 13.6. The van der Waals surface area contributed by atoms with Gasteiger partial charge in [0.2, 0.25) is 5.91 Å². The quantitative estimate of drug-likeness (QED) is 0.200. The van der Waals surface area contributed by atoms with E-state index in [4.69, 9.17) is 0 Å². The van der Waals surface area contributed by atoms with E-state index in [9.17, 15) is 33.7 Å². The van der Waals surface area contributed by atoms with Crippen LogP contribution < -0.4 is 10.2 Å². The lowest BCUT2D eigenvalue weighted by Gasteiger charge is -2.48.